The van der Waals surface area contributed by atoms with Crippen LogP contribution in [0.4, 0.5) is 5.13 Å². The molecule has 1 aromatic heterocycles. The molecule has 2 rings (SSSR count). The maximum absolute atomic E-state index is 11.8. The van der Waals surface area contributed by atoms with E-state index < -0.39 is 0 Å². The Morgan fingerprint density at radius 1 is 1.50 bits per heavy atom. The van der Waals surface area contributed by atoms with Gasteiger partial charge in [-0.25, -0.2) is 4.98 Å². The van der Waals surface area contributed by atoms with Gasteiger partial charge in [0, 0.05) is 18.0 Å². The van der Waals surface area contributed by atoms with E-state index >= 15 is 0 Å². The minimum absolute atomic E-state index is 0.0276. The largest absolute Gasteiger partial charge is 0.393 e. The van der Waals surface area contributed by atoms with Gasteiger partial charge >= 0.3 is 0 Å². The fourth-order valence-electron chi connectivity index (χ4n) is 1.97. The second-order valence-electron chi connectivity index (χ2n) is 4.72. The van der Waals surface area contributed by atoms with Crippen molar-refractivity contribution in [2.24, 2.45) is 0 Å². The van der Waals surface area contributed by atoms with Gasteiger partial charge in [-0.3, -0.25) is 9.69 Å². The third kappa shape index (κ3) is 3.51. The van der Waals surface area contributed by atoms with Crippen LogP contribution < -0.4 is 5.32 Å². The number of thiazole rings is 1. The molecule has 0 radical (unpaired) electrons. The molecule has 0 saturated carbocycles. The zero-order chi connectivity index (χ0) is 13.1. The van der Waals surface area contributed by atoms with E-state index in [1.807, 2.05) is 13.8 Å². The Bertz CT molecular complexity index is 405. The molecule has 1 aliphatic rings. The summed E-state index contributed by atoms with van der Waals surface area (Å²) in [6.07, 6.45) is 1.31. The Kier molecular flexibility index (Phi) is 4.31. The summed E-state index contributed by atoms with van der Waals surface area (Å²) in [6.45, 7) is 5.88. The molecular weight excluding hydrogens is 250 g/mol. The summed E-state index contributed by atoms with van der Waals surface area (Å²) in [5.41, 5.74) is 0.969. The average molecular weight is 269 g/mol. The number of aliphatic hydroxyl groups excluding tert-OH is 1. The lowest BCUT2D eigenvalue weighted by molar-refractivity contribution is -0.117. The number of aliphatic hydroxyl groups is 1. The molecule has 5 nitrogen and oxygen atoms in total. The van der Waals surface area contributed by atoms with Gasteiger partial charge in [-0.2, -0.15) is 0 Å². The SMILES string of the molecule is Cc1nc(NC(=O)CN2CCC(O)CC2)sc1C. The molecule has 100 valence electrons. The van der Waals surface area contributed by atoms with Crippen LogP contribution >= 0.6 is 11.3 Å². The van der Waals surface area contributed by atoms with Gasteiger partial charge in [0.05, 0.1) is 18.3 Å². The molecule has 0 unspecified atom stereocenters. The van der Waals surface area contributed by atoms with E-state index in [4.69, 9.17) is 0 Å². The normalized spacial score (nSPS) is 17.9. The van der Waals surface area contributed by atoms with Crippen molar-refractivity contribution in [1.82, 2.24) is 9.88 Å². The number of nitrogens with zero attached hydrogens (tertiary/aromatic N) is 2. The van der Waals surface area contributed by atoms with Crippen LogP contribution in [0, 0.1) is 13.8 Å². The summed E-state index contributed by atoms with van der Waals surface area (Å²) in [5, 5.41) is 12.9. The number of likely N-dealkylation sites (tertiary alicyclic amines) is 1. The van der Waals surface area contributed by atoms with Crippen molar-refractivity contribution in [2.45, 2.75) is 32.8 Å². The van der Waals surface area contributed by atoms with Crippen LogP contribution in [0.3, 0.4) is 0 Å². The lowest BCUT2D eigenvalue weighted by Crippen LogP contribution is -2.40. The van der Waals surface area contributed by atoms with E-state index in [1.165, 1.54) is 11.3 Å². The van der Waals surface area contributed by atoms with E-state index in [2.05, 4.69) is 15.2 Å². The highest BCUT2D eigenvalue weighted by Gasteiger charge is 2.19. The van der Waals surface area contributed by atoms with Gasteiger partial charge in [0.15, 0.2) is 5.13 Å². The third-order valence-electron chi connectivity index (χ3n) is 3.20. The maximum atomic E-state index is 11.8. The van der Waals surface area contributed by atoms with Gasteiger partial charge in [0.1, 0.15) is 0 Å². The van der Waals surface area contributed by atoms with Crippen molar-refractivity contribution in [1.29, 1.82) is 0 Å². The number of anilines is 1. The predicted octanol–water partition coefficient (Wildman–Crippen LogP) is 1.16. The zero-order valence-electron chi connectivity index (χ0n) is 10.8. The monoisotopic (exact) mass is 269 g/mol. The topological polar surface area (TPSA) is 65.5 Å². The Morgan fingerprint density at radius 2 is 2.17 bits per heavy atom. The van der Waals surface area contributed by atoms with Crippen LogP contribution in [0.5, 0.6) is 0 Å². The first-order valence-electron chi connectivity index (χ1n) is 6.19. The second kappa shape index (κ2) is 5.77. The van der Waals surface area contributed by atoms with Crippen molar-refractivity contribution in [3.05, 3.63) is 10.6 Å². The fraction of sp³-hybridized carbons (Fsp3) is 0.667. The smallest absolute Gasteiger partial charge is 0.240 e. The molecule has 0 atom stereocenters. The molecule has 2 N–H and O–H groups in total. The number of hydrogen-bond acceptors (Lipinski definition) is 5. The number of nitrogens with one attached hydrogen (secondary N) is 1. The van der Waals surface area contributed by atoms with E-state index in [9.17, 15) is 9.90 Å². The molecule has 1 amide bonds. The summed E-state index contributed by atoms with van der Waals surface area (Å²) >= 11 is 1.50. The number of hydrogen-bond donors (Lipinski definition) is 2. The summed E-state index contributed by atoms with van der Waals surface area (Å²) in [6, 6.07) is 0. The Hall–Kier alpha value is -0.980. The fourth-order valence-corrected chi connectivity index (χ4v) is 2.80. The minimum Gasteiger partial charge on any atom is -0.393 e. The van der Waals surface area contributed by atoms with Crippen LogP contribution in [0.2, 0.25) is 0 Å². The first kappa shape index (κ1) is 13.5. The Balaban J connectivity index is 1.81. The van der Waals surface area contributed by atoms with Gasteiger partial charge < -0.3 is 10.4 Å². The van der Waals surface area contributed by atoms with Crippen molar-refractivity contribution >= 4 is 22.4 Å². The second-order valence-corrected chi connectivity index (χ2v) is 5.92. The van der Waals surface area contributed by atoms with E-state index in [-0.39, 0.29) is 12.0 Å². The van der Waals surface area contributed by atoms with E-state index in [0.717, 1.165) is 36.5 Å². The number of carbonyl (C=O) groups excluding carboxylic acids is 1. The summed E-state index contributed by atoms with van der Waals surface area (Å²) in [4.78, 5) is 19.3. The zero-order valence-corrected chi connectivity index (χ0v) is 11.6. The van der Waals surface area contributed by atoms with E-state index in [1.54, 1.807) is 0 Å². The molecule has 1 aromatic rings. The molecule has 0 bridgehead atoms. The average Bonchev–Trinajstić information content (AvgIpc) is 2.61. The van der Waals surface area contributed by atoms with Crippen LogP contribution in [0.1, 0.15) is 23.4 Å². The van der Waals surface area contributed by atoms with Crippen LogP contribution in [-0.4, -0.2) is 46.6 Å². The van der Waals surface area contributed by atoms with Crippen molar-refractivity contribution < 1.29 is 9.90 Å². The lowest BCUT2D eigenvalue weighted by atomic mass is 10.1. The van der Waals surface area contributed by atoms with Gasteiger partial charge in [-0.1, -0.05) is 0 Å². The molecule has 0 spiro atoms. The van der Waals surface area contributed by atoms with Gasteiger partial charge in [0.25, 0.3) is 0 Å². The number of amides is 1. The molecule has 1 saturated heterocycles. The lowest BCUT2D eigenvalue weighted by Gasteiger charge is -2.28. The Morgan fingerprint density at radius 3 is 2.72 bits per heavy atom. The number of rotatable bonds is 3. The van der Waals surface area contributed by atoms with Gasteiger partial charge in [0.2, 0.25) is 5.91 Å². The van der Waals surface area contributed by atoms with Crippen molar-refractivity contribution in [3.8, 4) is 0 Å². The molecule has 18 heavy (non-hydrogen) atoms. The number of aromatic nitrogens is 1. The Labute approximate surface area is 111 Å². The molecule has 1 fully saturated rings. The van der Waals surface area contributed by atoms with Crippen LogP contribution in [0.25, 0.3) is 0 Å². The number of aryl methyl sites for hydroxylation is 2. The van der Waals surface area contributed by atoms with Crippen molar-refractivity contribution in [2.75, 3.05) is 25.0 Å². The first-order valence-corrected chi connectivity index (χ1v) is 7.00. The first-order chi connectivity index (χ1) is 8.54. The minimum atomic E-state index is -0.200. The van der Waals surface area contributed by atoms with Gasteiger partial charge in [-0.15, -0.1) is 11.3 Å². The quantitative estimate of drug-likeness (QED) is 0.864. The molecular formula is C12H19N3O2S. The van der Waals surface area contributed by atoms with E-state index in [0.29, 0.717) is 11.7 Å². The van der Waals surface area contributed by atoms with Crippen molar-refractivity contribution in [3.63, 3.8) is 0 Å². The molecule has 1 aliphatic heterocycles. The summed E-state index contributed by atoms with van der Waals surface area (Å²) < 4.78 is 0. The number of piperidine rings is 1. The standard InChI is InChI=1S/C12H19N3O2S/c1-8-9(2)18-12(13-8)14-11(17)7-15-5-3-10(16)4-6-15/h10,16H,3-7H2,1-2H3,(H,13,14,17). The molecule has 2 heterocycles. The highest BCUT2D eigenvalue weighted by molar-refractivity contribution is 7.15. The maximum Gasteiger partial charge on any atom is 0.240 e. The summed E-state index contributed by atoms with van der Waals surface area (Å²) in [7, 11) is 0. The third-order valence-corrected chi connectivity index (χ3v) is 4.19. The highest BCUT2D eigenvalue weighted by atomic mass is 32.1. The summed E-state index contributed by atoms with van der Waals surface area (Å²) in [5.74, 6) is -0.0276. The highest BCUT2D eigenvalue weighted by Crippen LogP contribution is 2.21. The predicted molar refractivity (Wildman–Crippen MR) is 71.9 cm³/mol. The van der Waals surface area contributed by atoms with Gasteiger partial charge in [-0.05, 0) is 26.7 Å². The van der Waals surface area contributed by atoms with Crippen LogP contribution in [-0.2, 0) is 4.79 Å². The molecule has 0 aliphatic carbocycles. The number of carbonyl (C=O) groups is 1. The molecule has 6 heteroatoms. The molecule has 0 aromatic carbocycles. The van der Waals surface area contributed by atoms with Crippen LogP contribution in [0.15, 0.2) is 0 Å².